The lowest BCUT2D eigenvalue weighted by molar-refractivity contribution is -0.114. The number of rotatable bonds is 7. The topological polar surface area (TPSA) is 87.3 Å². The molecule has 3 N–H and O–H groups in total. The number of carbonyl (C=O) groups excluding carboxylic acids is 3. The molecule has 0 heterocycles. The molecule has 6 heteroatoms. The average Bonchev–Trinajstić information content (AvgIpc) is 3.04. The van der Waals surface area contributed by atoms with Gasteiger partial charge in [0, 0.05) is 47.6 Å². The van der Waals surface area contributed by atoms with E-state index in [0.717, 1.165) is 23.4 Å². The molecule has 2 aromatic carbocycles. The largest absolute Gasteiger partial charge is 0.359 e. The van der Waals surface area contributed by atoms with Gasteiger partial charge in [-0.3, -0.25) is 14.4 Å². The van der Waals surface area contributed by atoms with Gasteiger partial charge in [0.05, 0.1) is 0 Å². The van der Waals surface area contributed by atoms with Crippen molar-refractivity contribution < 1.29 is 14.4 Å². The lowest BCUT2D eigenvalue weighted by Gasteiger charge is -2.10. The first-order valence-electron chi connectivity index (χ1n) is 9.26. The molecular formula is C22H23N3O3. The van der Waals surface area contributed by atoms with Gasteiger partial charge in [-0.1, -0.05) is 18.2 Å². The molecule has 0 fully saturated rings. The van der Waals surface area contributed by atoms with Crippen LogP contribution in [0, 0.1) is 0 Å². The summed E-state index contributed by atoms with van der Waals surface area (Å²) in [6, 6.07) is 16.0. The van der Waals surface area contributed by atoms with Crippen molar-refractivity contribution in [1.82, 2.24) is 10.6 Å². The van der Waals surface area contributed by atoms with E-state index in [1.54, 1.807) is 36.4 Å². The van der Waals surface area contributed by atoms with E-state index < -0.39 is 0 Å². The molecule has 0 atom stereocenters. The Labute approximate surface area is 164 Å². The van der Waals surface area contributed by atoms with Crippen LogP contribution in [0.4, 0.5) is 5.69 Å². The smallest absolute Gasteiger partial charge is 0.251 e. The van der Waals surface area contributed by atoms with E-state index in [4.69, 9.17) is 0 Å². The third-order valence-corrected chi connectivity index (χ3v) is 4.65. The normalized spacial score (nSPS) is 13.4. The summed E-state index contributed by atoms with van der Waals surface area (Å²) in [7, 11) is 0. The minimum absolute atomic E-state index is 0.166. The predicted molar refractivity (Wildman–Crippen MR) is 108 cm³/mol. The van der Waals surface area contributed by atoms with Gasteiger partial charge in [-0.2, -0.15) is 0 Å². The maximum absolute atomic E-state index is 12.2. The number of ketones is 1. The molecule has 3 rings (SSSR count). The van der Waals surface area contributed by atoms with Crippen molar-refractivity contribution in [2.45, 2.75) is 19.8 Å². The van der Waals surface area contributed by atoms with Gasteiger partial charge in [0.2, 0.25) is 0 Å². The van der Waals surface area contributed by atoms with Gasteiger partial charge in [0.25, 0.3) is 11.8 Å². The summed E-state index contributed by atoms with van der Waals surface area (Å²) in [4.78, 5) is 35.7. The Kier molecular flexibility index (Phi) is 6.22. The molecule has 0 bridgehead atoms. The zero-order valence-corrected chi connectivity index (χ0v) is 15.7. The molecule has 0 aliphatic heterocycles. The highest BCUT2D eigenvalue weighted by Gasteiger charge is 2.19. The summed E-state index contributed by atoms with van der Waals surface area (Å²) < 4.78 is 0. The second-order valence-electron chi connectivity index (χ2n) is 6.61. The Hall–Kier alpha value is -3.41. The first-order valence-corrected chi connectivity index (χ1v) is 9.26. The van der Waals surface area contributed by atoms with Crippen molar-refractivity contribution in [2.75, 3.05) is 18.4 Å². The number of Topliss-reactive ketones (excluding diaryl/α,β-unsaturated/α-hetero) is 1. The van der Waals surface area contributed by atoms with Crippen LogP contribution in [0.5, 0.6) is 0 Å². The van der Waals surface area contributed by atoms with Gasteiger partial charge in [-0.25, -0.2) is 0 Å². The van der Waals surface area contributed by atoms with Crippen molar-refractivity contribution in [2.24, 2.45) is 0 Å². The monoisotopic (exact) mass is 377 g/mol. The Balaban J connectivity index is 1.45. The fourth-order valence-electron chi connectivity index (χ4n) is 2.96. The molecule has 0 saturated carbocycles. The zero-order valence-electron chi connectivity index (χ0n) is 15.7. The van der Waals surface area contributed by atoms with Crippen molar-refractivity contribution in [3.63, 3.8) is 0 Å². The molecule has 0 saturated heterocycles. The van der Waals surface area contributed by atoms with Crippen LogP contribution < -0.4 is 16.0 Å². The highest BCUT2D eigenvalue weighted by Crippen LogP contribution is 2.24. The number of nitrogens with one attached hydrogen (secondary N) is 3. The van der Waals surface area contributed by atoms with E-state index >= 15 is 0 Å². The molecule has 0 spiro atoms. The van der Waals surface area contributed by atoms with Gasteiger partial charge in [-0.15, -0.1) is 0 Å². The number of anilines is 1. The molecule has 0 unspecified atom stereocenters. The van der Waals surface area contributed by atoms with Crippen molar-refractivity contribution >= 4 is 23.3 Å². The third kappa shape index (κ3) is 4.85. The van der Waals surface area contributed by atoms with Crippen LogP contribution in [0.15, 0.2) is 65.9 Å². The molecule has 1 aliphatic rings. The zero-order chi connectivity index (χ0) is 19.9. The second-order valence-corrected chi connectivity index (χ2v) is 6.61. The van der Waals surface area contributed by atoms with Gasteiger partial charge in [-0.05, 0) is 49.7 Å². The number of allylic oxidation sites excluding steroid dienone is 2. The lowest BCUT2D eigenvalue weighted by atomic mass is 10.2. The standard InChI is InChI=1S/C22H23N3O3/c1-15-19(11-12-20(15)26)25-18-9-7-17(8-10-18)22(28)24-14-13-23-21(27)16-5-3-2-4-6-16/h2-10,25H,11-14H2,1H3,(H,23,27)(H,24,28). The molecule has 0 aromatic heterocycles. The maximum Gasteiger partial charge on any atom is 0.251 e. The average molecular weight is 377 g/mol. The van der Waals surface area contributed by atoms with Crippen molar-refractivity contribution in [3.8, 4) is 0 Å². The van der Waals surface area contributed by atoms with Gasteiger partial charge in [0.1, 0.15) is 0 Å². The Morgan fingerprint density at radius 2 is 1.39 bits per heavy atom. The Morgan fingerprint density at radius 3 is 1.93 bits per heavy atom. The summed E-state index contributed by atoms with van der Waals surface area (Å²) in [5.41, 5.74) is 3.69. The molecule has 144 valence electrons. The summed E-state index contributed by atoms with van der Waals surface area (Å²) in [6.07, 6.45) is 1.27. The van der Waals surface area contributed by atoms with Gasteiger partial charge in [0.15, 0.2) is 5.78 Å². The number of hydrogen-bond donors (Lipinski definition) is 3. The van der Waals surface area contributed by atoms with Crippen LogP contribution in [0.2, 0.25) is 0 Å². The second kappa shape index (κ2) is 8.99. The molecule has 6 nitrogen and oxygen atoms in total. The molecule has 2 amide bonds. The van der Waals surface area contributed by atoms with Crippen LogP contribution in [-0.2, 0) is 4.79 Å². The van der Waals surface area contributed by atoms with E-state index in [0.29, 0.717) is 30.6 Å². The third-order valence-electron chi connectivity index (χ3n) is 4.65. The van der Waals surface area contributed by atoms with E-state index in [1.165, 1.54) is 0 Å². The quantitative estimate of drug-likeness (QED) is 0.648. The SMILES string of the molecule is CC1=C(Nc2ccc(C(=O)NCCNC(=O)c3ccccc3)cc2)CCC1=O. The molecule has 1 aliphatic carbocycles. The highest BCUT2D eigenvalue weighted by atomic mass is 16.2. The highest BCUT2D eigenvalue weighted by molar-refractivity contribution is 5.99. The van der Waals surface area contributed by atoms with E-state index in [1.807, 2.05) is 25.1 Å². The molecule has 28 heavy (non-hydrogen) atoms. The van der Waals surface area contributed by atoms with Crippen molar-refractivity contribution in [3.05, 3.63) is 77.0 Å². The summed E-state index contributed by atoms with van der Waals surface area (Å²) in [5, 5.41) is 8.80. The van der Waals surface area contributed by atoms with Crippen LogP contribution in [0.1, 0.15) is 40.5 Å². The number of hydrogen-bond acceptors (Lipinski definition) is 4. The Morgan fingerprint density at radius 1 is 0.821 bits per heavy atom. The van der Waals surface area contributed by atoms with Crippen LogP contribution >= 0.6 is 0 Å². The van der Waals surface area contributed by atoms with Gasteiger partial charge >= 0.3 is 0 Å². The summed E-state index contributed by atoms with van der Waals surface area (Å²) >= 11 is 0. The molecular weight excluding hydrogens is 354 g/mol. The van der Waals surface area contributed by atoms with E-state index in [9.17, 15) is 14.4 Å². The minimum atomic E-state index is -0.202. The van der Waals surface area contributed by atoms with E-state index in [-0.39, 0.29) is 17.6 Å². The van der Waals surface area contributed by atoms with Crippen molar-refractivity contribution in [1.29, 1.82) is 0 Å². The first kappa shape index (κ1) is 19.4. The fraction of sp³-hybridized carbons (Fsp3) is 0.227. The Bertz CT molecular complexity index is 902. The van der Waals surface area contributed by atoms with Crippen LogP contribution in [-0.4, -0.2) is 30.7 Å². The summed E-state index contributed by atoms with van der Waals surface area (Å²) in [5.74, 6) is -0.190. The van der Waals surface area contributed by atoms with Gasteiger partial charge < -0.3 is 16.0 Å². The van der Waals surface area contributed by atoms with Crippen LogP contribution in [0.3, 0.4) is 0 Å². The first-order chi connectivity index (χ1) is 13.5. The number of carbonyl (C=O) groups is 3. The fourth-order valence-corrected chi connectivity index (χ4v) is 2.96. The van der Waals surface area contributed by atoms with Crippen LogP contribution in [0.25, 0.3) is 0 Å². The number of amides is 2. The summed E-state index contributed by atoms with van der Waals surface area (Å²) in [6.45, 7) is 2.52. The number of benzene rings is 2. The maximum atomic E-state index is 12.2. The van der Waals surface area contributed by atoms with E-state index in [2.05, 4.69) is 16.0 Å². The predicted octanol–water partition coefficient (Wildman–Crippen LogP) is 2.90. The molecule has 0 radical (unpaired) electrons. The lowest BCUT2D eigenvalue weighted by Crippen LogP contribution is -2.34. The minimum Gasteiger partial charge on any atom is -0.359 e. The molecule has 2 aromatic rings.